The minimum Gasteiger partial charge on any atom is -0.489 e. The molecule has 0 N–H and O–H groups in total. The highest BCUT2D eigenvalue weighted by atomic mass is 35.5. The number of halogens is 2. The number of rotatable bonds is 6. The quantitative estimate of drug-likeness (QED) is 0.423. The third kappa shape index (κ3) is 4.75. The Balaban J connectivity index is 1.51. The van der Waals surface area contributed by atoms with Crippen LogP contribution in [0.25, 0.3) is 11.1 Å². The van der Waals surface area contributed by atoms with E-state index in [-0.39, 0.29) is 12.1 Å². The Hall–Kier alpha value is -3.44. The van der Waals surface area contributed by atoms with Crippen LogP contribution in [0.2, 0.25) is 5.02 Å². The molecule has 0 spiro atoms. The van der Waals surface area contributed by atoms with E-state index in [1.807, 2.05) is 36.4 Å². The average Bonchev–Trinajstić information content (AvgIpc) is 2.77. The Labute approximate surface area is 178 Å². The van der Waals surface area contributed by atoms with E-state index in [1.165, 1.54) is 16.7 Å². The molecule has 0 saturated heterocycles. The number of hydrogen-bond donors (Lipinski definition) is 0. The van der Waals surface area contributed by atoms with Crippen LogP contribution in [-0.2, 0) is 13.2 Å². The Bertz CT molecular complexity index is 1210. The van der Waals surface area contributed by atoms with Crippen LogP contribution in [0.3, 0.4) is 0 Å². The summed E-state index contributed by atoms with van der Waals surface area (Å²) in [5, 5.41) is 0.322. The van der Waals surface area contributed by atoms with Crippen molar-refractivity contribution in [3.8, 4) is 16.9 Å². The van der Waals surface area contributed by atoms with E-state index in [0.29, 0.717) is 17.2 Å². The zero-order valence-corrected chi connectivity index (χ0v) is 16.7. The number of ether oxygens (including phenoxy) is 1. The first-order valence-corrected chi connectivity index (χ1v) is 9.73. The summed E-state index contributed by atoms with van der Waals surface area (Å²) >= 11 is 5.80. The summed E-state index contributed by atoms with van der Waals surface area (Å²) in [6, 6.07) is 19.1. The van der Waals surface area contributed by atoms with Gasteiger partial charge >= 0.3 is 0 Å². The molecule has 0 saturated carbocycles. The monoisotopic (exact) mass is 420 g/mol. The molecule has 0 amide bonds. The normalized spacial score (nSPS) is 10.7. The highest BCUT2D eigenvalue weighted by molar-refractivity contribution is 6.30. The van der Waals surface area contributed by atoms with Gasteiger partial charge < -0.3 is 9.30 Å². The van der Waals surface area contributed by atoms with E-state index in [0.717, 1.165) is 22.4 Å². The minimum absolute atomic E-state index is 0.127. The van der Waals surface area contributed by atoms with Gasteiger partial charge in [0, 0.05) is 40.8 Å². The predicted molar refractivity (Wildman–Crippen MR) is 115 cm³/mol. The van der Waals surface area contributed by atoms with Crippen molar-refractivity contribution in [3.05, 3.63) is 118 Å². The molecule has 0 aliphatic rings. The number of nitrogens with zero attached hydrogens (tertiary/aromatic N) is 2. The lowest BCUT2D eigenvalue weighted by molar-refractivity contribution is 0.306. The highest BCUT2D eigenvalue weighted by Crippen LogP contribution is 2.23. The standard InChI is InChI=1S/C24H18ClFN2O2/c25-21-7-3-20(23(26)12-21)15-28-14-19(6-10-24(28)29)18-4-8-22(9-5-18)30-16-17-2-1-11-27-13-17/h1-14H,15-16H2. The molecule has 0 atom stereocenters. The van der Waals surface area contributed by atoms with E-state index in [9.17, 15) is 9.18 Å². The second-order valence-corrected chi connectivity index (χ2v) is 7.23. The number of aromatic nitrogens is 2. The van der Waals surface area contributed by atoms with Crippen LogP contribution in [0.1, 0.15) is 11.1 Å². The highest BCUT2D eigenvalue weighted by Gasteiger charge is 2.07. The van der Waals surface area contributed by atoms with Gasteiger partial charge in [0.1, 0.15) is 18.2 Å². The van der Waals surface area contributed by atoms with Crippen LogP contribution < -0.4 is 10.3 Å². The van der Waals surface area contributed by atoms with Crippen molar-refractivity contribution >= 4 is 11.6 Å². The van der Waals surface area contributed by atoms with E-state index < -0.39 is 5.82 Å². The van der Waals surface area contributed by atoms with Gasteiger partial charge in [-0.1, -0.05) is 35.9 Å². The lowest BCUT2D eigenvalue weighted by Crippen LogP contribution is -2.19. The zero-order valence-electron chi connectivity index (χ0n) is 16.0. The zero-order chi connectivity index (χ0) is 20.9. The van der Waals surface area contributed by atoms with Gasteiger partial charge in [-0.05, 0) is 47.5 Å². The van der Waals surface area contributed by atoms with Crippen LogP contribution in [0.15, 0.2) is 90.1 Å². The van der Waals surface area contributed by atoms with Crippen molar-refractivity contribution in [3.63, 3.8) is 0 Å². The van der Waals surface area contributed by atoms with Crippen molar-refractivity contribution in [2.24, 2.45) is 0 Å². The minimum atomic E-state index is -0.435. The van der Waals surface area contributed by atoms with Crippen LogP contribution >= 0.6 is 11.6 Å². The molecule has 4 nitrogen and oxygen atoms in total. The molecule has 150 valence electrons. The topological polar surface area (TPSA) is 44.1 Å². The van der Waals surface area contributed by atoms with Gasteiger partial charge in [0.2, 0.25) is 0 Å². The molecular formula is C24H18ClFN2O2. The molecule has 2 aromatic carbocycles. The Morgan fingerprint density at radius 3 is 2.53 bits per heavy atom. The van der Waals surface area contributed by atoms with Crippen molar-refractivity contribution in [2.45, 2.75) is 13.2 Å². The lowest BCUT2D eigenvalue weighted by Gasteiger charge is -2.11. The molecule has 0 unspecified atom stereocenters. The number of hydrogen-bond acceptors (Lipinski definition) is 3. The molecule has 0 radical (unpaired) electrons. The summed E-state index contributed by atoms with van der Waals surface area (Å²) in [6.07, 6.45) is 5.21. The Kier molecular flexibility index (Phi) is 5.91. The van der Waals surface area contributed by atoms with Gasteiger partial charge in [-0.15, -0.1) is 0 Å². The molecule has 4 rings (SSSR count). The fourth-order valence-corrected chi connectivity index (χ4v) is 3.21. The van der Waals surface area contributed by atoms with Crippen molar-refractivity contribution in [2.75, 3.05) is 0 Å². The first-order valence-electron chi connectivity index (χ1n) is 9.35. The maximum atomic E-state index is 14.1. The number of benzene rings is 2. The molecule has 2 heterocycles. The van der Waals surface area contributed by atoms with E-state index in [4.69, 9.17) is 16.3 Å². The first kappa shape index (κ1) is 19.9. The van der Waals surface area contributed by atoms with Crippen molar-refractivity contribution in [1.82, 2.24) is 9.55 Å². The summed E-state index contributed by atoms with van der Waals surface area (Å²) < 4.78 is 21.4. The maximum Gasteiger partial charge on any atom is 0.250 e. The summed E-state index contributed by atoms with van der Waals surface area (Å²) in [7, 11) is 0. The summed E-state index contributed by atoms with van der Waals surface area (Å²) in [5.41, 5.74) is 2.96. The molecule has 6 heteroatoms. The number of pyridine rings is 2. The molecule has 2 aromatic heterocycles. The van der Waals surface area contributed by atoms with Gasteiger partial charge in [0.05, 0.1) is 6.54 Å². The Morgan fingerprint density at radius 1 is 1.00 bits per heavy atom. The third-order valence-electron chi connectivity index (χ3n) is 4.66. The van der Waals surface area contributed by atoms with Gasteiger partial charge in [0.25, 0.3) is 5.56 Å². The fraction of sp³-hybridized carbons (Fsp3) is 0.0833. The summed E-state index contributed by atoms with van der Waals surface area (Å²) in [6.45, 7) is 0.562. The van der Waals surface area contributed by atoms with Gasteiger partial charge in [-0.25, -0.2) is 4.39 Å². The SMILES string of the molecule is O=c1ccc(-c2ccc(OCc3cccnc3)cc2)cn1Cc1ccc(Cl)cc1F. The molecular weight excluding hydrogens is 403 g/mol. The maximum absolute atomic E-state index is 14.1. The van der Waals surface area contributed by atoms with Gasteiger partial charge in [-0.3, -0.25) is 9.78 Å². The van der Waals surface area contributed by atoms with Crippen molar-refractivity contribution < 1.29 is 9.13 Å². The smallest absolute Gasteiger partial charge is 0.250 e. The van der Waals surface area contributed by atoms with E-state index in [1.54, 1.807) is 36.8 Å². The second kappa shape index (κ2) is 8.93. The Morgan fingerprint density at radius 2 is 1.80 bits per heavy atom. The van der Waals surface area contributed by atoms with Gasteiger partial charge in [-0.2, -0.15) is 0 Å². The van der Waals surface area contributed by atoms with Crippen molar-refractivity contribution in [1.29, 1.82) is 0 Å². The first-order chi connectivity index (χ1) is 14.6. The molecule has 0 bridgehead atoms. The average molecular weight is 421 g/mol. The summed E-state index contributed by atoms with van der Waals surface area (Å²) in [4.78, 5) is 16.3. The second-order valence-electron chi connectivity index (χ2n) is 6.79. The van der Waals surface area contributed by atoms with E-state index >= 15 is 0 Å². The predicted octanol–water partition coefficient (Wildman–Crippen LogP) is 5.33. The third-order valence-corrected chi connectivity index (χ3v) is 4.89. The molecule has 0 fully saturated rings. The summed E-state index contributed by atoms with van der Waals surface area (Å²) in [5.74, 6) is 0.300. The fourth-order valence-electron chi connectivity index (χ4n) is 3.05. The van der Waals surface area contributed by atoms with Crippen LogP contribution in [0, 0.1) is 5.82 Å². The molecule has 30 heavy (non-hydrogen) atoms. The van der Waals surface area contributed by atoms with Crippen LogP contribution in [-0.4, -0.2) is 9.55 Å². The van der Waals surface area contributed by atoms with Crippen LogP contribution in [0.4, 0.5) is 4.39 Å². The molecule has 0 aliphatic carbocycles. The molecule has 4 aromatic rings. The van der Waals surface area contributed by atoms with Crippen LogP contribution in [0.5, 0.6) is 5.75 Å². The van der Waals surface area contributed by atoms with E-state index in [2.05, 4.69) is 4.98 Å². The lowest BCUT2D eigenvalue weighted by atomic mass is 10.1. The molecule has 0 aliphatic heterocycles. The van der Waals surface area contributed by atoms with Gasteiger partial charge in [0.15, 0.2) is 0 Å². The largest absolute Gasteiger partial charge is 0.489 e.